The summed E-state index contributed by atoms with van der Waals surface area (Å²) in [6.07, 6.45) is 1.73. The first-order valence-electron chi connectivity index (χ1n) is 6.98. The first-order chi connectivity index (χ1) is 9.61. The monoisotopic (exact) mass is 275 g/mol. The quantitative estimate of drug-likeness (QED) is 0.852. The van der Waals surface area contributed by atoms with E-state index in [9.17, 15) is 4.79 Å². The number of hydrogen-bond acceptors (Lipinski definition) is 4. The molecule has 1 atom stereocenters. The van der Waals surface area contributed by atoms with Gasteiger partial charge in [-0.15, -0.1) is 0 Å². The Hall–Kier alpha value is -1.88. The molecule has 0 saturated carbocycles. The summed E-state index contributed by atoms with van der Waals surface area (Å²) in [5.74, 6) is -0.287. The van der Waals surface area contributed by atoms with Crippen LogP contribution in [0.25, 0.3) is 5.52 Å². The molecule has 108 valence electrons. The number of carbonyl (C=O) groups is 1. The van der Waals surface area contributed by atoms with Crippen LogP contribution in [0.1, 0.15) is 48.4 Å². The van der Waals surface area contributed by atoms with Crippen LogP contribution < -0.4 is 5.32 Å². The fourth-order valence-electron chi connectivity index (χ4n) is 2.60. The van der Waals surface area contributed by atoms with Crippen LogP contribution in [-0.4, -0.2) is 28.7 Å². The van der Waals surface area contributed by atoms with Crippen molar-refractivity contribution < 1.29 is 9.53 Å². The molecular formula is C15H21N3O2. The molecule has 0 saturated heterocycles. The van der Waals surface area contributed by atoms with E-state index < -0.39 is 0 Å². The summed E-state index contributed by atoms with van der Waals surface area (Å²) in [5, 5.41) is 7.74. The molecule has 20 heavy (non-hydrogen) atoms. The van der Waals surface area contributed by atoms with Crippen LogP contribution in [-0.2, 0) is 4.74 Å². The summed E-state index contributed by atoms with van der Waals surface area (Å²) in [6.45, 7) is 9.11. The summed E-state index contributed by atoms with van der Waals surface area (Å²) in [5.41, 5.74) is 3.34. The topological polar surface area (TPSA) is 55.6 Å². The fourth-order valence-corrected chi connectivity index (χ4v) is 2.60. The molecular weight excluding hydrogens is 254 g/mol. The van der Waals surface area contributed by atoms with Crippen molar-refractivity contribution in [1.82, 2.24) is 14.9 Å². The van der Waals surface area contributed by atoms with Crippen LogP contribution in [0.2, 0.25) is 0 Å². The Bertz CT molecular complexity index is 619. The average molecular weight is 275 g/mol. The van der Waals surface area contributed by atoms with Crippen molar-refractivity contribution >= 4 is 11.5 Å². The van der Waals surface area contributed by atoms with E-state index >= 15 is 0 Å². The van der Waals surface area contributed by atoms with Crippen molar-refractivity contribution in [1.29, 1.82) is 0 Å². The van der Waals surface area contributed by atoms with Gasteiger partial charge in [-0.3, -0.25) is 0 Å². The molecule has 0 amide bonds. The van der Waals surface area contributed by atoms with E-state index in [-0.39, 0.29) is 12.0 Å². The largest absolute Gasteiger partial charge is 0.462 e. The molecule has 2 aromatic heterocycles. The van der Waals surface area contributed by atoms with E-state index in [1.165, 1.54) is 0 Å². The Morgan fingerprint density at radius 2 is 2.25 bits per heavy atom. The van der Waals surface area contributed by atoms with Gasteiger partial charge in [0.25, 0.3) is 0 Å². The van der Waals surface area contributed by atoms with E-state index in [4.69, 9.17) is 4.74 Å². The highest BCUT2D eigenvalue weighted by molar-refractivity contribution is 5.99. The molecule has 5 nitrogen and oxygen atoms in total. The first kappa shape index (κ1) is 14.5. The lowest BCUT2D eigenvalue weighted by Gasteiger charge is -2.13. The van der Waals surface area contributed by atoms with Crippen LogP contribution >= 0.6 is 0 Å². The molecule has 0 aromatic carbocycles. The average Bonchev–Trinajstić information content (AvgIpc) is 2.71. The Labute approximate surface area is 118 Å². The van der Waals surface area contributed by atoms with Crippen molar-refractivity contribution in [3.05, 3.63) is 35.2 Å². The maximum absolute atomic E-state index is 12.2. The molecule has 0 spiro atoms. The number of nitrogens with one attached hydrogen (secondary N) is 1. The van der Waals surface area contributed by atoms with Gasteiger partial charge in [-0.2, -0.15) is 5.10 Å². The highest BCUT2D eigenvalue weighted by atomic mass is 16.5. The minimum absolute atomic E-state index is 0.116. The summed E-state index contributed by atoms with van der Waals surface area (Å²) in [7, 11) is 0. The molecule has 0 bridgehead atoms. The first-order valence-corrected chi connectivity index (χ1v) is 6.98. The van der Waals surface area contributed by atoms with Gasteiger partial charge in [0.2, 0.25) is 0 Å². The summed E-state index contributed by atoms with van der Waals surface area (Å²) < 4.78 is 7.00. The Balaban J connectivity index is 2.64. The third kappa shape index (κ3) is 2.41. The molecule has 0 aliphatic carbocycles. The minimum atomic E-state index is -0.287. The number of hydrogen-bond donors (Lipinski definition) is 1. The van der Waals surface area contributed by atoms with E-state index in [1.54, 1.807) is 6.20 Å². The number of nitrogens with zero attached hydrogens (tertiary/aromatic N) is 2. The highest BCUT2D eigenvalue weighted by Gasteiger charge is 2.24. The van der Waals surface area contributed by atoms with E-state index in [1.807, 2.05) is 30.5 Å². The SMILES string of the molecule is CCNC(C)c1c(C)c(C(=O)OCC)c2cccnn12. The number of esters is 1. The normalized spacial score (nSPS) is 12.6. The van der Waals surface area contributed by atoms with E-state index in [0.29, 0.717) is 12.2 Å². The van der Waals surface area contributed by atoms with Crippen LogP contribution in [0.4, 0.5) is 0 Å². The maximum Gasteiger partial charge on any atom is 0.340 e. The van der Waals surface area contributed by atoms with Gasteiger partial charge in [-0.1, -0.05) is 6.92 Å². The van der Waals surface area contributed by atoms with Gasteiger partial charge in [0.05, 0.1) is 23.4 Å². The molecule has 1 N–H and O–H groups in total. The van der Waals surface area contributed by atoms with Crippen LogP contribution in [0, 0.1) is 6.92 Å². The smallest absolute Gasteiger partial charge is 0.340 e. The van der Waals surface area contributed by atoms with Gasteiger partial charge in [0, 0.05) is 12.2 Å². The Morgan fingerprint density at radius 1 is 1.50 bits per heavy atom. The maximum atomic E-state index is 12.2. The predicted molar refractivity (Wildman–Crippen MR) is 78.0 cm³/mol. The lowest BCUT2D eigenvalue weighted by molar-refractivity contribution is 0.0528. The van der Waals surface area contributed by atoms with Gasteiger partial charge >= 0.3 is 5.97 Å². The number of fused-ring (bicyclic) bond motifs is 1. The minimum Gasteiger partial charge on any atom is -0.462 e. The van der Waals surface area contributed by atoms with Crippen LogP contribution in [0.5, 0.6) is 0 Å². The van der Waals surface area contributed by atoms with Gasteiger partial charge in [0.1, 0.15) is 0 Å². The van der Waals surface area contributed by atoms with Gasteiger partial charge in [0.15, 0.2) is 0 Å². The molecule has 2 heterocycles. The third-order valence-electron chi connectivity index (χ3n) is 3.39. The highest BCUT2D eigenvalue weighted by Crippen LogP contribution is 2.27. The zero-order chi connectivity index (χ0) is 14.7. The molecule has 0 fully saturated rings. The number of ether oxygens (including phenoxy) is 1. The van der Waals surface area contributed by atoms with Gasteiger partial charge < -0.3 is 10.1 Å². The van der Waals surface area contributed by atoms with Crippen LogP contribution in [0.3, 0.4) is 0 Å². The number of carbonyl (C=O) groups excluding carboxylic acids is 1. The Kier molecular flexibility index (Phi) is 4.39. The van der Waals surface area contributed by atoms with Crippen LogP contribution in [0.15, 0.2) is 18.3 Å². The molecule has 5 heteroatoms. The summed E-state index contributed by atoms with van der Waals surface area (Å²) in [6, 6.07) is 3.85. The van der Waals surface area contributed by atoms with E-state index in [0.717, 1.165) is 23.3 Å². The standard InChI is InChI=1S/C15H21N3O2/c1-5-16-11(4)14-10(3)13(15(19)20-6-2)12-8-7-9-17-18(12)14/h7-9,11,16H,5-6H2,1-4H3. The molecule has 2 rings (SSSR count). The van der Waals surface area contributed by atoms with Crippen molar-refractivity contribution in [2.75, 3.05) is 13.2 Å². The van der Waals surface area contributed by atoms with Crippen molar-refractivity contribution in [3.63, 3.8) is 0 Å². The summed E-state index contributed by atoms with van der Waals surface area (Å²) >= 11 is 0. The van der Waals surface area contributed by atoms with Gasteiger partial charge in [-0.25, -0.2) is 9.31 Å². The molecule has 0 aliphatic rings. The number of rotatable bonds is 5. The number of aromatic nitrogens is 2. The zero-order valence-electron chi connectivity index (χ0n) is 12.4. The van der Waals surface area contributed by atoms with Crippen molar-refractivity contribution in [3.8, 4) is 0 Å². The van der Waals surface area contributed by atoms with Gasteiger partial charge in [-0.05, 0) is 45.0 Å². The zero-order valence-corrected chi connectivity index (χ0v) is 12.4. The lowest BCUT2D eigenvalue weighted by atomic mass is 10.1. The molecule has 1 unspecified atom stereocenters. The Morgan fingerprint density at radius 3 is 2.90 bits per heavy atom. The second-order valence-corrected chi connectivity index (χ2v) is 4.71. The molecule has 0 radical (unpaired) electrons. The van der Waals surface area contributed by atoms with Crippen molar-refractivity contribution in [2.45, 2.75) is 33.7 Å². The van der Waals surface area contributed by atoms with E-state index in [2.05, 4.69) is 24.3 Å². The molecule has 2 aromatic rings. The lowest BCUT2D eigenvalue weighted by Crippen LogP contribution is -2.20. The second-order valence-electron chi connectivity index (χ2n) is 4.71. The summed E-state index contributed by atoms with van der Waals surface area (Å²) in [4.78, 5) is 12.2. The fraction of sp³-hybridized carbons (Fsp3) is 0.467. The molecule has 0 aliphatic heterocycles. The second kappa shape index (κ2) is 6.05. The third-order valence-corrected chi connectivity index (χ3v) is 3.39. The predicted octanol–water partition coefficient (Wildman–Crippen LogP) is 2.49. The van der Waals surface area contributed by atoms with Crippen molar-refractivity contribution in [2.24, 2.45) is 0 Å².